The van der Waals surface area contributed by atoms with Gasteiger partial charge in [-0.05, 0) is 17.7 Å². The summed E-state index contributed by atoms with van der Waals surface area (Å²) >= 11 is 0. The molecule has 1 aromatic heterocycles. The lowest BCUT2D eigenvalue weighted by molar-refractivity contribution is 0.890. The van der Waals surface area contributed by atoms with Crippen molar-refractivity contribution in [2.75, 3.05) is 0 Å². The zero-order valence-electron chi connectivity index (χ0n) is 9.88. The monoisotopic (exact) mass is 235 g/mol. The van der Waals surface area contributed by atoms with Gasteiger partial charge in [0, 0.05) is 41.7 Å². The Kier molecular flexibility index (Phi) is 1.88. The Morgan fingerprint density at radius 3 is 3.22 bits per heavy atom. The van der Waals surface area contributed by atoms with Crippen LogP contribution in [-0.2, 0) is 6.42 Å². The van der Waals surface area contributed by atoms with Crippen LogP contribution in [0.5, 0.6) is 0 Å². The normalized spacial score (nSPS) is 20.2. The minimum atomic E-state index is -0.00242. The maximum Gasteiger partial charge on any atom is 0.0582 e. The molecular weight excluding hydrogens is 222 g/mol. The molecule has 3 heterocycles. The Hall–Kier alpha value is -2.13. The van der Waals surface area contributed by atoms with Crippen LogP contribution in [-0.4, -0.2) is 10.8 Å². The minimum absolute atomic E-state index is 0.00242. The first-order valence-electron chi connectivity index (χ1n) is 6.14. The fourth-order valence-corrected chi connectivity index (χ4v) is 2.90. The predicted molar refractivity (Wildman–Crippen MR) is 75.4 cm³/mol. The van der Waals surface area contributed by atoms with E-state index in [4.69, 9.17) is 5.73 Å². The summed E-state index contributed by atoms with van der Waals surface area (Å²) in [5, 5.41) is 1.27. The highest BCUT2D eigenvalue weighted by Crippen LogP contribution is 2.35. The number of hydrogen-bond acceptors (Lipinski definition) is 2. The summed E-state index contributed by atoms with van der Waals surface area (Å²) in [5.74, 6) is 0. The lowest BCUT2D eigenvalue weighted by Gasteiger charge is -2.17. The molecule has 88 valence electrons. The molecule has 2 aliphatic rings. The number of rotatable bonds is 0. The van der Waals surface area contributed by atoms with Crippen molar-refractivity contribution in [1.29, 1.82) is 0 Å². The topological polar surface area (TPSA) is 43.3 Å². The molecule has 18 heavy (non-hydrogen) atoms. The molecule has 1 atom stereocenters. The standard InChI is InChI=1S/C15H13N3/c16-13-6-9-18-14-5-8-17-7-4-10(14)11-2-1-3-12(13)15(11)18/h1-4,6-9,13H,5,16H2. The van der Waals surface area contributed by atoms with Crippen LogP contribution in [0.1, 0.15) is 22.9 Å². The van der Waals surface area contributed by atoms with Gasteiger partial charge in [-0.15, -0.1) is 0 Å². The van der Waals surface area contributed by atoms with Gasteiger partial charge in [-0.25, -0.2) is 0 Å². The fourth-order valence-electron chi connectivity index (χ4n) is 2.90. The Morgan fingerprint density at radius 1 is 1.33 bits per heavy atom. The Bertz CT molecular complexity index is 732. The largest absolute Gasteiger partial charge is 0.321 e. The molecule has 0 fully saturated rings. The highest BCUT2D eigenvalue weighted by molar-refractivity contribution is 5.97. The number of para-hydroxylation sites is 1. The summed E-state index contributed by atoms with van der Waals surface area (Å²) in [6.07, 6.45) is 10.9. The SMILES string of the molecule is NC1C=Cn2c3c(c4cccc1c42)C=CN=CC3. The van der Waals surface area contributed by atoms with E-state index in [1.807, 2.05) is 18.5 Å². The zero-order valence-corrected chi connectivity index (χ0v) is 9.88. The Labute approximate surface area is 105 Å². The van der Waals surface area contributed by atoms with Gasteiger partial charge >= 0.3 is 0 Å². The van der Waals surface area contributed by atoms with E-state index < -0.39 is 0 Å². The van der Waals surface area contributed by atoms with E-state index in [-0.39, 0.29) is 6.04 Å². The molecule has 0 saturated heterocycles. The first kappa shape index (κ1) is 9.85. The Morgan fingerprint density at radius 2 is 2.28 bits per heavy atom. The quantitative estimate of drug-likeness (QED) is 0.749. The summed E-state index contributed by atoms with van der Waals surface area (Å²) in [6, 6.07) is 6.36. The van der Waals surface area contributed by atoms with Gasteiger partial charge in [0.25, 0.3) is 0 Å². The molecule has 1 aromatic carbocycles. The molecule has 2 N–H and O–H groups in total. The molecular formula is C15H13N3. The van der Waals surface area contributed by atoms with E-state index in [1.54, 1.807) is 0 Å². The van der Waals surface area contributed by atoms with Crippen LogP contribution >= 0.6 is 0 Å². The van der Waals surface area contributed by atoms with Crippen LogP contribution in [0.4, 0.5) is 0 Å². The van der Waals surface area contributed by atoms with Crippen LogP contribution in [0.2, 0.25) is 0 Å². The lowest BCUT2D eigenvalue weighted by atomic mass is 10.0. The fraction of sp³-hybridized carbons (Fsp3) is 0.133. The Balaban J connectivity index is 2.19. The number of benzene rings is 1. The second-order valence-electron chi connectivity index (χ2n) is 4.69. The molecule has 3 heteroatoms. The number of nitrogens with zero attached hydrogens (tertiary/aromatic N) is 2. The van der Waals surface area contributed by atoms with E-state index in [2.05, 4.69) is 40.0 Å². The van der Waals surface area contributed by atoms with Gasteiger partial charge in [-0.2, -0.15) is 0 Å². The van der Waals surface area contributed by atoms with E-state index in [0.29, 0.717) is 0 Å². The van der Waals surface area contributed by atoms with Crippen LogP contribution in [0.15, 0.2) is 35.5 Å². The maximum atomic E-state index is 6.15. The van der Waals surface area contributed by atoms with E-state index >= 15 is 0 Å². The molecule has 1 unspecified atom stereocenters. The predicted octanol–water partition coefficient (Wildman–Crippen LogP) is 2.72. The third kappa shape index (κ3) is 1.14. The molecule has 0 bridgehead atoms. The van der Waals surface area contributed by atoms with Gasteiger partial charge < -0.3 is 10.3 Å². The highest BCUT2D eigenvalue weighted by atomic mass is 15.0. The lowest BCUT2D eigenvalue weighted by Crippen LogP contribution is -2.13. The molecule has 0 saturated carbocycles. The molecule has 3 nitrogen and oxygen atoms in total. The molecule has 0 amide bonds. The second-order valence-corrected chi connectivity index (χ2v) is 4.69. The number of aromatic nitrogens is 1. The zero-order chi connectivity index (χ0) is 12.1. The number of fused-ring (bicyclic) bond motifs is 3. The first-order chi connectivity index (χ1) is 8.86. The summed E-state index contributed by atoms with van der Waals surface area (Å²) in [7, 11) is 0. The van der Waals surface area contributed by atoms with Gasteiger partial charge in [0.05, 0.1) is 11.6 Å². The van der Waals surface area contributed by atoms with Crippen molar-refractivity contribution in [3.8, 4) is 0 Å². The van der Waals surface area contributed by atoms with E-state index in [0.717, 1.165) is 6.42 Å². The van der Waals surface area contributed by atoms with Crippen molar-refractivity contribution in [3.05, 3.63) is 47.3 Å². The molecule has 2 aliphatic heterocycles. The molecule has 0 aliphatic carbocycles. The molecule has 4 rings (SSSR count). The van der Waals surface area contributed by atoms with Crippen molar-refractivity contribution in [2.24, 2.45) is 10.7 Å². The third-order valence-corrected chi connectivity index (χ3v) is 3.72. The van der Waals surface area contributed by atoms with Crippen molar-refractivity contribution in [2.45, 2.75) is 12.5 Å². The highest BCUT2D eigenvalue weighted by Gasteiger charge is 2.21. The van der Waals surface area contributed by atoms with Crippen molar-refractivity contribution in [1.82, 2.24) is 4.57 Å². The summed E-state index contributed by atoms with van der Waals surface area (Å²) in [4.78, 5) is 4.23. The number of hydrogen-bond donors (Lipinski definition) is 1. The average Bonchev–Trinajstić information content (AvgIpc) is 2.57. The van der Waals surface area contributed by atoms with Crippen LogP contribution in [0, 0.1) is 0 Å². The molecule has 2 aromatic rings. The smallest absolute Gasteiger partial charge is 0.0582 e. The average molecular weight is 235 g/mol. The van der Waals surface area contributed by atoms with Crippen molar-refractivity contribution < 1.29 is 0 Å². The maximum absolute atomic E-state index is 6.15. The summed E-state index contributed by atoms with van der Waals surface area (Å²) in [6.45, 7) is 0. The summed E-state index contributed by atoms with van der Waals surface area (Å²) in [5.41, 5.74) is 11.2. The second kappa shape index (κ2) is 3.43. The molecule has 0 radical (unpaired) electrons. The van der Waals surface area contributed by atoms with E-state index in [9.17, 15) is 0 Å². The summed E-state index contributed by atoms with van der Waals surface area (Å²) < 4.78 is 2.26. The number of nitrogens with two attached hydrogens (primary N) is 1. The number of aliphatic imine (C=N–C) groups is 1. The van der Waals surface area contributed by atoms with Gasteiger partial charge in [0.1, 0.15) is 0 Å². The third-order valence-electron chi connectivity index (χ3n) is 3.72. The van der Waals surface area contributed by atoms with Gasteiger partial charge in [-0.1, -0.05) is 18.2 Å². The van der Waals surface area contributed by atoms with Crippen LogP contribution < -0.4 is 5.73 Å². The van der Waals surface area contributed by atoms with Crippen LogP contribution in [0.25, 0.3) is 23.2 Å². The molecule has 0 spiro atoms. The van der Waals surface area contributed by atoms with Gasteiger partial charge in [-0.3, -0.25) is 4.99 Å². The minimum Gasteiger partial charge on any atom is -0.321 e. The van der Waals surface area contributed by atoms with Gasteiger partial charge in [0.15, 0.2) is 0 Å². The van der Waals surface area contributed by atoms with Crippen LogP contribution in [0.3, 0.4) is 0 Å². The van der Waals surface area contributed by atoms with E-state index in [1.165, 1.54) is 27.7 Å². The van der Waals surface area contributed by atoms with Crippen molar-refractivity contribution in [3.63, 3.8) is 0 Å². The van der Waals surface area contributed by atoms with Crippen molar-refractivity contribution >= 4 is 29.4 Å². The first-order valence-corrected chi connectivity index (χ1v) is 6.14. The van der Waals surface area contributed by atoms with Gasteiger partial charge in [0.2, 0.25) is 0 Å².